The SMILES string of the molecule is O=C(O)N[C@@H](CO)[C@@H](O)[C@H](O)[C@H](O)CO. The summed E-state index contributed by atoms with van der Waals surface area (Å²) in [6.45, 7) is -1.54. The van der Waals surface area contributed by atoms with Gasteiger partial charge < -0.3 is 36.0 Å². The average Bonchev–Trinajstić information content (AvgIpc) is 2.22. The van der Waals surface area contributed by atoms with Crippen LogP contribution in [0.25, 0.3) is 0 Å². The summed E-state index contributed by atoms with van der Waals surface area (Å²) in [6, 6.07) is -1.33. The van der Waals surface area contributed by atoms with Gasteiger partial charge in [-0.2, -0.15) is 0 Å². The second-order valence-corrected chi connectivity index (χ2v) is 2.97. The molecular formula is C7H15NO7. The van der Waals surface area contributed by atoms with Gasteiger partial charge in [0.2, 0.25) is 0 Å². The highest BCUT2D eigenvalue weighted by Crippen LogP contribution is 2.04. The maximum atomic E-state index is 10.2. The van der Waals surface area contributed by atoms with E-state index in [-0.39, 0.29) is 0 Å². The van der Waals surface area contributed by atoms with Crippen LogP contribution in [-0.2, 0) is 0 Å². The predicted octanol–water partition coefficient (Wildman–Crippen LogP) is -3.31. The van der Waals surface area contributed by atoms with Crippen molar-refractivity contribution in [1.29, 1.82) is 0 Å². The molecule has 7 N–H and O–H groups in total. The zero-order chi connectivity index (χ0) is 12.0. The molecule has 0 saturated carbocycles. The lowest BCUT2D eigenvalue weighted by molar-refractivity contribution is -0.0907. The van der Waals surface area contributed by atoms with E-state index in [1.807, 2.05) is 0 Å². The fourth-order valence-electron chi connectivity index (χ4n) is 0.971. The van der Waals surface area contributed by atoms with Crippen LogP contribution in [0, 0.1) is 0 Å². The van der Waals surface area contributed by atoms with Crippen LogP contribution in [0.5, 0.6) is 0 Å². The van der Waals surface area contributed by atoms with Crippen LogP contribution in [0.15, 0.2) is 0 Å². The Hall–Kier alpha value is -0.930. The maximum absolute atomic E-state index is 10.2. The van der Waals surface area contributed by atoms with Crippen molar-refractivity contribution < 1.29 is 35.4 Å². The molecule has 8 heteroatoms. The van der Waals surface area contributed by atoms with Gasteiger partial charge in [-0.1, -0.05) is 0 Å². The summed E-state index contributed by atoms with van der Waals surface area (Å²) >= 11 is 0. The number of amides is 1. The molecule has 1 amide bonds. The zero-order valence-electron chi connectivity index (χ0n) is 7.82. The first-order valence-corrected chi connectivity index (χ1v) is 4.19. The van der Waals surface area contributed by atoms with Crippen LogP contribution in [0.4, 0.5) is 4.79 Å². The quantitative estimate of drug-likeness (QED) is 0.250. The Labute approximate surface area is 85.4 Å². The normalized spacial score (nSPS) is 19.0. The lowest BCUT2D eigenvalue weighted by atomic mass is 10.0. The molecule has 90 valence electrons. The van der Waals surface area contributed by atoms with Gasteiger partial charge in [0.05, 0.1) is 19.3 Å². The van der Waals surface area contributed by atoms with Gasteiger partial charge in [-0.3, -0.25) is 0 Å². The van der Waals surface area contributed by atoms with E-state index < -0.39 is 43.7 Å². The number of nitrogens with one attached hydrogen (secondary N) is 1. The second kappa shape index (κ2) is 6.53. The Bertz CT molecular complexity index is 200. The van der Waals surface area contributed by atoms with Gasteiger partial charge in [-0.25, -0.2) is 4.79 Å². The summed E-state index contributed by atoms with van der Waals surface area (Å²) in [6.07, 6.45) is -6.56. The highest BCUT2D eigenvalue weighted by Gasteiger charge is 2.31. The van der Waals surface area contributed by atoms with Crippen molar-refractivity contribution >= 4 is 6.09 Å². The minimum absolute atomic E-state index is 0.747. The maximum Gasteiger partial charge on any atom is 0.405 e. The third-order valence-corrected chi connectivity index (χ3v) is 1.85. The van der Waals surface area contributed by atoms with Crippen LogP contribution in [0.2, 0.25) is 0 Å². The van der Waals surface area contributed by atoms with Gasteiger partial charge in [0, 0.05) is 0 Å². The lowest BCUT2D eigenvalue weighted by Crippen LogP contribution is -2.54. The third kappa shape index (κ3) is 4.40. The largest absolute Gasteiger partial charge is 0.465 e. The fourth-order valence-corrected chi connectivity index (χ4v) is 0.971. The third-order valence-electron chi connectivity index (χ3n) is 1.85. The average molecular weight is 225 g/mol. The molecule has 0 aromatic rings. The lowest BCUT2D eigenvalue weighted by Gasteiger charge is -2.27. The highest BCUT2D eigenvalue weighted by molar-refractivity contribution is 5.64. The van der Waals surface area contributed by atoms with Crippen LogP contribution in [-0.4, -0.2) is 74.3 Å². The fraction of sp³-hybridized carbons (Fsp3) is 0.857. The molecular weight excluding hydrogens is 210 g/mol. The van der Waals surface area contributed by atoms with Gasteiger partial charge in [0.25, 0.3) is 0 Å². The molecule has 0 aromatic heterocycles. The second-order valence-electron chi connectivity index (χ2n) is 2.97. The molecule has 0 heterocycles. The molecule has 4 atom stereocenters. The van der Waals surface area contributed by atoms with Crippen molar-refractivity contribution in [2.75, 3.05) is 13.2 Å². The highest BCUT2D eigenvalue weighted by atomic mass is 16.4. The number of hydrogen-bond acceptors (Lipinski definition) is 6. The van der Waals surface area contributed by atoms with E-state index in [4.69, 9.17) is 20.4 Å². The van der Waals surface area contributed by atoms with Crippen molar-refractivity contribution in [1.82, 2.24) is 5.32 Å². The molecule has 0 aliphatic heterocycles. The van der Waals surface area contributed by atoms with E-state index in [1.165, 1.54) is 0 Å². The van der Waals surface area contributed by atoms with Gasteiger partial charge in [0.1, 0.15) is 18.3 Å². The summed E-state index contributed by atoms with van der Waals surface area (Å²) < 4.78 is 0. The first-order chi connectivity index (χ1) is 6.93. The number of hydrogen-bond donors (Lipinski definition) is 7. The molecule has 0 bridgehead atoms. The molecule has 0 saturated heterocycles. The van der Waals surface area contributed by atoms with Gasteiger partial charge in [-0.05, 0) is 0 Å². The smallest absolute Gasteiger partial charge is 0.405 e. The van der Waals surface area contributed by atoms with Crippen LogP contribution >= 0.6 is 0 Å². The van der Waals surface area contributed by atoms with Crippen molar-refractivity contribution in [2.45, 2.75) is 24.4 Å². The molecule has 8 nitrogen and oxygen atoms in total. The van der Waals surface area contributed by atoms with Crippen molar-refractivity contribution in [3.05, 3.63) is 0 Å². The molecule has 0 aliphatic rings. The molecule has 0 rings (SSSR count). The zero-order valence-corrected chi connectivity index (χ0v) is 7.82. The van der Waals surface area contributed by atoms with E-state index >= 15 is 0 Å². The Kier molecular flexibility index (Phi) is 6.13. The summed E-state index contributed by atoms with van der Waals surface area (Å²) in [5, 5.41) is 54.7. The van der Waals surface area contributed by atoms with Crippen molar-refractivity contribution in [2.24, 2.45) is 0 Å². The van der Waals surface area contributed by atoms with Gasteiger partial charge in [-0.15, -0.1) is 0 Å². The summed E-state index contributed by atoms with van der Waals surface area (Å²) in [4.78, 5) is 10.2. The van der Waals surface area contributed by atoms with Crippen molar-refractivity contribution in [3.8, 4) is 0 Å². The monoisotopic (exact) mass is 225 g/mol. The summed E-state index contributed by atoms with van der Waals surface area (Å²) in [5.41, 5.74) is 0. The van der Waals surface area contributed by atoms with Crippen LogP contribution < -0.4 is 5.32 Å². The molecule has 0 fully saturated rings. The van der Waals surface area contributed by atoms with E-state index in [1.54, 1.807) is 5.32 Å². The number of aliphatic hydroxyl groups excluding tert-OH is 5. The molecule has 0 aliphatic carbocycles. The molecule has 0 aromatic carbocycles. The Morgan fingerprint density at radius 3 is 1.93 bits per heavy atom. The van der Waals surface area contributed by atoms with E-state index in [0.717, 1.165) is 0 Å². The predicted molar refractivity (Wildman–Crippen MR) is 47.1 cm³/mol. The minimum atomic E-state index is -1.75. The number of aliphatic hydroxyl groups is 5. The Morgan fingerprint density at radius 1 is 1.07 bits per heavy atom. The Morgan fingerprint density at radius 2 is 1.60 bits per heavy atom. The number of carboxylic acid groups (broad SMARTS) is 1. The summed E-state index contributed by atoms with van der Waals surface area (Å²) in [7, 11) is 0. The van der Waals surface area contributed by atoms with E-state index in [9.17, 15) is 15.0 Å². The van der Waals surface area contributed by atoms with Crippen molar-refractivity contribution in [3.63, 3.8) is 0 Å². The van der Waals surface area contributed by atoms with Crippen LogP contribution in [0.1, 0.15) is 0 Å². The standard InChI is InChI=1S/C7H15NO7/c9-1-3(8-7(14)15)5(12)6(13)4(11)2-10/h3-6,8-13H,1-2H2,(H,14,15)/t3-,4+,5+,6+/m0/s1. The molecule has 15 heavy (non-hydrogen) atoms. The van der Waals surface area contributed by atoms with Gasteiger partial charge in [0.15, 0.2) is 0 Å². The first-order valence-electron chi connectivity index (χ1n) is 4.19. The van der Waals surface area contributed by atoms with Gasteiger partial charge >= 0.3 is 6.09 Å². The molecule has 0 unspecified atom stereocenters. The molecule has 0 spiro atoms. The summed E-state index contributed by atoms with van der Waals surface area (Å²) in [5.74, 6) is 0. The number of carbonyl (C=O) groups is 1. The van der Waals surface area contributed by atoms with E-state index in [0.29, 0.717) is 0 Å². The van der Waals surface area contributed by atoms with E-state index in [2.05, 4.69) is 0 Å². The first kappa shape index (κ1) is 14.1. The molecule has 0 radical (unpaired) electrons. The van der Waals surface area contributed by atoms with Crippen LogP contribution in [0.3, 0.4) is 0 Å². The number of rotatable bonds is 6. The minimum Gasteiger partial charge on any atom is -0.465 e. The topological polar surface area (TPSA) is 150 Å². The Balaban J connectivity index is 4.35.